The lowest BCUT2D eigenvalue weighted by molar-refractivity contribution is 0.475. The van der Waals surface area contributed by atoms with Crippen LogP contribution in [0.3, 0.4) is 0 Å². The van der Waals surface area contributed by atoms with Crippen molar-refractivity contribution in [1.29, 1.82) is 0 Å². The predicted molar refractivity (Wildman–Crippen MR) is 68.4 cm³/mol. The largest absolute Gasteiger partial charge is 0.506 e. The zero-order valence-electron chi connectivity index (χ0n) is 9.74. The number of rotatable bonds is 3. The Balaban J connectivity index is 2.07. The van der Waals surface area contributed by atoms with Gasteiger partial charge in [0.15, 0.2) is 0 Å². The first-order valence-electron chi connectivity index (χ1n) is 5.28. The Kier molecular flexibility index (Phi) is 3.24. The summed E-state index contributed by atoms with van der Waals surface area (Å²) in [6, 6.07) is 5.05. The summed E-state index contributed by atoms with van der Waals surface area (Å²) in [5.41, 5.74) is 3.13. The lowest BCUT2D eigenvalue weighted by atomic mass is 10.2. The molecule has 17 heavy (non-hydrogen) atoms. The average molecular weight is 252 g/mol. The van der Waals surface area contributed by atoms with Crippen LogP contribution in [0.1, 0.15) is 11.3 Å². The van der Waals surface area contributed by atoms with Crippen molar-refractivity contribution < 1.29 is 5.11 Å². The fourth-order valence-electron chi connectivity index (χ4n) is 1.53. The number of anilines is 1. The minimum Gasteiger partial charge on any atom is -0.506 e. The molecule has 0 spiro atoms. The van der Waals surface area contributed by atoms with E-state index >= 15 is 0 Å². The topological polar surface area (TPSA) is 50.1 Å². The smallest absolute Gasteiger partial charge is 0.134 e. The molecule has 0 amide bonds. The van der Waals surface area contributed by atoms with Crippen LogP contribution < -0.4 is 5.32 Å². The number of hydrogen-bond donors (Lipinski definition) is 2. The van der Waals surface area contributed by atoms with Crippen LogP contribution in [0.4, 0.5) is 5.69 Å². The molecule has 0 bridgehead atoms. The second-order valence-electron chi connectivity index (χ2n) is 3.90. The van der Waals surface area contributed by atoms with Crippen LogP contribution in [0.25, 0.3) is 0 Å². The minimum absolute atomic E-state index is 0.0924. The molecule has 0 aliphatic rings. The Morgan fingerprint density at radius 1 is 1.47 bits per heavy atom. The highest BCUT2D eigenvalue weighted by Crippen LogP contribution is 2.26. The molecule has 0 radical (unpaired) electrons. The van der Waals surface area contributed by atoms with Crippen molar-refractivity contribution in [2.24, 2.45) is 7.05 Å². The molecule has 0 unspecified atom stereocenters. The predicted octanol–water partition coefficient (Wildman–Crippen LogP) is 2.70. The van der Waals surface area contributed by atoms with Crippen LogP contribution in [-0.2, 0) is 13.6 Å². The number of aryl methyl sites for hydroxylation is 1. The minimum atomic E-state index is 0.0924. The van der Waals surface area contributed by atoms with Gasteiger partial charge in [0.05, 0.1) is 11.2 Å². The molecule has 4 nitrogen and oxygen atoms in total. The molecule has 5 heteroatoms. The van der Waals surface area contributed by atoms with Gasteiger partial charge in [-0.25, -0.2) is 0 Å². The highest BCUT2D eigenvalue weighted by Gasteiger charge is 2.04. The third-order valence-corrected chi connectivity index (χ3v) is 3.07. The Morgan fingerprint density at radius 2 is 2.24 bits per heavy atom. The van der Waals surface area contributed by atoms with Gasteiger partial charge >= 0.3 is 0 Å². The maximum atomic E-state index is 9.30. The van der Waals surface area contributed by atoms with Crippen LogP contribution in [0, 0.1) is 6.92 Å². The van der Waals surface area contributed by atoms with E-state index in [4.69, 9.17) is 11.6 Å². The summed E-state index contributed by atoms with van der Waals surface area (Å²) in [6.45, 7) is 2.70. The number of nitrogens with one attached hydrogen (secondary N) is 1. The molecule has 0 saturated carbocycles. The molecule has 0 fully saturated rings. The molecule has 1 aromatic carbocycles. The molecule has 2 N–H and O–H groups in total. The van der Waals surface area contributed by atoms with E-state index in [0.29, 0.717) is 11.6 Å². The van der Waals surface area contributed by atoms with Crippen LogP contribution in [-0.4, -0.2) is 14.9 Å². The number of nitrogens with zero attached hydrogens (tertiary/aromatic N) is 2. The van der Waals surface area contributed by atoms with Gasteiger partial charge in [-0.2, -0.15) is 5.10 Å². The van der Waals surface area contributed by atoms with E-state index in [-0.39, 0.29) is 5.75 Å². The van der Waals surface area contributed by atoms with Crippen molar-refractivity contribution in [3.63, 3.8) is 0 Å². The van der Waals surface area contributed by atoms with E-state index in [0.717, 1.165) is 16.9 Å². The van der Waals surface area contributed by atoms with Gasteiger partial charge in [0.25, 0.3) is 0 Å². The monoisotopic (exact) mass is 251 g/mol. The third kappa shape index (κ3) is 2.53. The van der Waals surface area contributed by atoms with Gasteiger partial charge in [0, 0.05) is 30.5 Å². The van der Waals surface area contributed by atoms with Crippen molar-refractivity contribution >= 4 is 17.3 Å². The number of aromatic hydroxyl groups is 1. The summed E-state index contributed by atoms with van der Waals surface area (Å²) in [4.78, 5) is 0. The highest BCUT2D eigenvalue weighted by molar-refractivity contribution is 6.32. The van der Waals surface area contributed by atoms with Gasteiger partial charge in [0.2, 0.25) is 0 Å². The van der Waals surface area contributed by atoms with E-state index in [2.05, 4.69) is 10.4 Å². The molecule has 2 aromatic rings. The molecule has 90 valence electrons. The molecule has 0 atom stereocenters. The van der Waals surface area contributed by atoms with Crippen LogP contribution in [0.5, 0.6) is 5.75 Å². The van der Waals surface area contributed by atoms with Crippen molar-refractivity contribution in [2.75, 3.05) is 5.32 Å². The second kappa shape index (κ2) is 4.67. The van der Waals surface area contributed by atoms with Crippen molar-refractivity contribution in [3.05, 3.63) is 40.7 Å². The summed E-state index contributed by atoms with van der Waals surface area (Å²) in [7, 11) is 1.91. The van der Waals surface area contributed by atoms with Gasteiger partial charge in [-0.1, -0.05) is 11.6 Å². The van der Waals surface area contributed by atoms with E-state index in [1.807, 2.05) is 24.9 Å². The number of phenols is 1. The first kappa shape index (κ1) is 11.8. The fraction of sp³-hybridized carbons (Fsp3) is 0.250. The number of phenolic OH excluding ortho intramolecular Hbond substituents is 1. The molecule has 0 aliphatic carbocycles. The molecule has 0 saturated heterocycles. The number of hydrogen-bond acceptors (Lipinski definition) is 3. The molecule has 2 rings (SSSR count). The summed E-state index contributed by atoms with van der Waals surface area (Å²) < 4.78 is 1.83. The normalized spacial score (nSPS) is 10.5. The van der Waals surface area contributed by atoms with E-state index in [1.165, 1.54) is 0 Å². The van der Waals surface area contributed by atoms with Gasteiger partial charge in [-0.15, -0.1) is 0 Å². The fourth-order valence-corrected chi connectivity index (χ4v) is 1.71. The lowest BCUT2D eigenvalue weighted by Crippen LogP contribution is -2.01. The highest BCUT2D eigenvalue weighted by atomic mass is 35.5. The van der Waals surface area contributed by atoms with Crippen molar-refractivity contribution in [1.82, 2.24) is 9.78 Å². The van der Waals surface area contributed by atoms with Crippen molar-refractivity contribution in [3.8, 4) is 5.75 Å². The Bertz CT molecular complexity index is 537. The van der Waals surface area contributed by atoms with Crippen LogP contribution in [0.2, 0.25) is 5.02 Å². The Morgan fingerprint density at radius 3 is 2.82 bits per heavy atom. The summed E-state index contributed by atoms with van der Waals surface area (Å²) in [5.74, 6) is 0.0924. The second-order valence-corrected chi connectivity index (χ2v) is 4.31. The molecular weight excluding hydrogens is 238 g/mol. The Hall–Kier alpha value is -1.68. The maximum Gasteiger partial charge on any atom is 0.134 e. The zero-order chi connectivity index (χ0) is 12.4. The molecule has 1 aromatic heterocycles. The standard InChI is InChI=1S/C12H14ClN3O/c1-8-9(7-15-16(8)2)6-14-10-3-4-12(17)11(13)5-10/h3-5,7,14,17H,6H2,1-2H3. The summed E-state index contributed by atoms with van der Waals surface area (Å²) in [5, 5.41) is 17.1. The first-order chi connectivity index (χ1) is 8.08. The maximum absolute atomic E-state index is 9.30. The van der Waals surface area contributed by atoms with Gasteiger partial charge in [0.1, 0.15) is 5.75 Å². The zero-order valence-corrected chi connectivity index (χ0v) is 10.5. The van der Waals surface area contributed by atoms with E-state index in [9.17, 15) is 5.11 Å². The number of halogens is 1. The molecular formula is C12H14ClN3O. The number of aromatic nitrogens is 2. The average Bonchev–Trinajstić information content (AvgIpc) is 2.62. The van der Waals surface area contributed by atoms with E-state index < -0.39 is 0 Å². The van der Waals surface area contributed by atoms with Gasteiger partial charge in [-0.3, -0.25) is 4.68 Å². The molecule has 0 aliphatic heterocycles. The lowest BCUT2D eigenvalue weighted by Gasteiger charge is -2.07. The summed E-state index contributed by atoms with van der Waals surface area (Å²) in [6.07, 6.45) is 1.84. The SMILES string of the molecule is Cc1c(CNc2ccc(O)c(Cl)c2)cnn1C. The van der Waals surface area contributed by atoms with Crippen LogP contribution in [0.15, 0.2) is 24.4 Å². The summed E-state index contributed by atoms with van der Waals surface area (Å²) >= 11 is 5.82. The first-order valence-corrected chi connectivity index (χ1v) is 5.65. The van der Waals surface area contributed by atoms with E-state index in [1.54, 1.807) is 18.2 Å². The van der Waals surface area contributed by atoms with Crippen LogP contribution >= 0.6 is 11.6 Å². The van der Waals surface area contributed by atoms with Crippen molar-refractivity contribution in [2.45, 2.75) is 13.5 Å². The number of benzene rings is 1. The van der Waals surface area contributed by atoms with Gasteiger partial charge < -0.3 is 10.4 Å². The third-order valence-electron chi connectivity index (χ3n) is 2.77. The molecule has 1 heterocycles. The Labute approximate surface area is 105 Å². The van der Waals surface area contributed by atoms with Gasteiger partial charge in [-0.05, 0) is 25.1 Å². The quantitative estimate of drug-likeness (QED) is 0.825.